The molecule has 2 saturated heterocycles. The maximum Gasteiger partial charge on any atom is 0.237 e. The van der Waals surface area contributed by atoms with Gasteiger partial charge >= 0.3 is 0 Å². The quantitative estimate of drug-likeness (QED) is 0.876. The van der Waals surface area contributed by atoms with Crippen LogP contribution >= 0.6 is 0 Å². The van der Waals surface area contributed by atoms with Crippen LogP contribution in [0.3, 0.4) is 0 Å². The van der Waals surface area contributed by atoms with E-state index in [1.165, 1.54) is 19.8 Å². The predicted molar refractivity (Wildman–Crippen MR) is 100 cm³/mol. The Labute approximate surface area is 156 Å². The fraction of sp³-hybridized carbons (Fsp3) is 0.650. The van der Waals surface area contributed by atoms with Crippen molar-refractivity contribution in [2.45, 2.75) is 52.1 Å². The van der Waals surface area contributed by atoms with Gasteiger partial charge in [-0.3, -0.25) is 19.5 Å². The van der Waals surface area contributed by atoms with E-state index in [-0.39, 0.29) is 17.9 Å². The van der Waals surface area contributed by atoms with Gasteiger partial charge in [0.2, 0.25) is 11.8 Å². The number of amides is 2. The van der Waals surface area contributed by atoms with Gasteiger partial charge in [0.05, 0.1) is 24.8 Å². The topological polar surface area (TPSA) is 65.5 Å². The van der Waals surface area contributed by atoms with Gasteiger partial charge in [0.15, 0.2) is 0 Å². The van der Waals surface area contributed by atoms with Gasteiger partial charge in [0.25, 0.3) is 0 Å². The molecule has 2 fully saturated rings. The third kappa shape index (κ3) is 4.81. The third-order valence-electron chi connectivity index (χ3n) is 5.55. The van der Waals surface area contributed by atoms with E-state index >= 15 is 0 Å². The molecule has 1 atom stereocenters. The molecule has 1 N–H and O–H groups in total. The summed E-state index contributed by atoms with van der Waals surface area (Å²) in [5, 5.41) is 2.78. The Kier molecular flexibility index (Phi) is 6.25. The normalized spacial score (nSPS) is 21.8. The smallest absolute Gasteiger partial charge is 0.237 e. The van der Waals surface area contributed by atoms with Gasteiger partial charge in [0, 0.05) is 19.7 Å². The van der Waals surface area contributed by atoms with Gasteiger partial charge < -0.3 is 10.2 Å². The lowest BCUT2D eigenvalue weighted by Crippen LogP contribution is -2.43. The number of hydrogen-bond donors (Lipinski definition) is 1. The van der Waals surface area contributed by atoms with Crippen LogP contribution in [0, 0.1) is 5.92 Å². The van der Waals surface area contributed by atoms with E-state index in [4.69, 9.17) is 0 Å². The molecule has 0 unspecified atom stereocenters. The first-order chi connectivity index (χ1) is 12.5. The Balaban J connectivity index is 1.63. The first-order valence-corrected chi connectivity index (χ1v) is 9.74. The minimum atomic E-state index is -0.0641. The highest BCUT2D eigenvalue weighted by atomic mass is 16.2. The molecule has 0 radical (unpaired) electrons. The molecule has 2 aliphatic heterocycles. The largest absolute Gasteiger partial charge is 0.351 e. The lowest BCUT2D eigenvalue weighted by atomic mass is 9.99. The van der Waals surface area contributed by atoms with Crippen LogP contribution in [0.2, 0.25) is 0 Å². The van der Waals surface area contributed by atoms with Crippen LogP contribution in [0.4, 0.5) is 0 Å². The first-order valence-electron chi connectivity index (χ1n) is 9.74. The highest BCUT2D eigenvalue weighted by Crippen LogP contribution is 2.32. The summed E-state index contributed by atoms with van der Waals surface area (Å²) in [5.41, 5.74) is 1.96. The molecule has 3 heterocycles. The van der Waals surface area contributed by atoms with Gasteiger partial charge in [0.1, 0.15) is 0 Å². The van der Waals surface area contributed by atoms with Crippen LogP contribution in [-0.2, 0) is 16.1 Å². The SMILES string of the molecule is CC(=O)NCc1cc([C@H]2CCCN2C(=O)CN2CCC(C)CC2)ccn1. The monoisotopic (exact) mass is 358 g/mol. The van der Waals surface area contributed by atoms with Crippen LogP contribution in [-0.4, -0.2) is 52.8 Å². The fourth-order valence-corrected chi connectivity index (χ4v) is 3.93. The molecule has 0 spiro atoms. The van der Waals surface area contributed by atoms with E-state index in [1.807, 2.05) is 17.0 Å². The number of rotatable bonds is 5. The number of nitrogens with one attached hydrogen (secondary N) is 1. The van der Waals surface area contributed by atoms with Crippen LogP contribution in [0.1, 0.15) is 56.8 Å². The summed E-state index contributed by atoms with van der Waals surface area (Å²) in [7, 11) is 0. The Hall–Kier alpha value is -1.95. The maximum absolute atomic E-state index is 12.9. The average molecular weight is 358 g/mol. The molecule has 0 aromatic carbocycles. The Morgan fingerprint density at radius 3 is 2.73 bits per heavy atom. The molecule has 0 saturated carbocycles. The molecule has 0 bridgehead atoms. The molecule has 142 valence electrons. The van der Waals surface area contributed by atoms with E-state index in [0.29, 0.717) is 13.1 Å². The Bertz CT molecular complexity index is 640. The summed E-state index contributed by atoms with van der Waals surface area (Å²) in [4.78, 5) is 32.7. The van der Waals surface area contributed by atoms with Crippen molar-refractivity contribution in [3.05, 3.63) is 29.6 Å². The minimum Gasteiger partial charge on any atom is -0.351 e. The molecule has 3 rings (SSSR count). The van der Waals surface area contributed by atoms with Crippen molar-refractivity contribution in [1.82, 2.24) is 20.1 Å². The summed E-state index contributed by atoms with van der Waals surface area (Å²) in [6, 6.07) is 4.15. The zero-order valence-electron chi connectivity index (χ0n) is 15.9. The van der Waals surface area contributed by atoms with E-state index in [0.717, 1.165) is 49.7 Å². The molecular formula is C20H30N4O2. The van der Waals surface area contributed by atoms with Crippen LogP contribution in [0.5, 0.6) is 0 Å². The number of likely N-dealkylation sites (tertiary alicyclic amines) is 2. The van der Waals surface area contributed by atoms with E-state index < -0.39 is 0 Å². The van der Waals surface area contributed by atoms with E-state index in [2.05, 4.69) is 22.1 Å². The molecule has 1 aromatic heterocycles. The minimum absolute atomic E-state index is 0.0641. The van der Waals surface area contributed by atoms with Crippen molar-refractivity contribution in [3.8, 4) is 0 Å². The van der Waals surface area contributed by atoms with Crippen LogP contribution in [0.25, 0.3) is 0 Å². The zero-order valence-corrected chi connectivity index (χ0v) is 15.9. The van der Waals surface area contributed by atoms with E-state index in [9.17, 15) is 9.59 Å². The summed E-state index contributed by atoms with van der Waals surface area (Å²) < 4.78 is 0. The number of pyridine rings is 1. The lowest BCUT2D eigenvalue weighted by Gasteiger charge is -2.32. The van der Waals surface area contributed by atoms with Crippen molar-refractivity contribution in [2.24, 2.45) is 5.92 Å². The van der Waals surface area contributed by atoms with Crippen molar-refractivity contribution in [2.75, 3.05) is 26.2 Å². The van der Waals surface area contributed by atoms with Gasteiger partial charge in [-0.25, -0.2) is 0 Å². The summed E-state index contributed by atoms with van der Waals surface area (Å²) >= 11 is 0. The predicted octanol–water partition coefficient (Wildman–Crippen LogP) is 2.11. The number of aromatic nitrogens is 1. The molecular weight excluding hydrogens is 328 g/mol. The van der Waals surface area contributed by atoms with Gasteiger partial charge in [-0.15, -0.1) is 0 Å². The van der Waals surface area contributed by atoms with Gasteiger partial charge in [-0.05, 0) is 62.4 Å². The maximum atomic E-state index is 12.9. The Morgan fingerprint density at radius 2 is 2.00 bits per heavy atom. The van der Waals surface area contributed by atoms with Crippen molar-refractivity contribution >= 4 is 11.8 Å². The van der Waals surface area contributed by atoms with Crippen molar-refractivity contribution in [1.29, 1.82) is 0 Å². The summed E-state index contributed by atoms with van der Waals surface area (Å²) in [6.45, 7) is 7.64. The average Bonchev–Trinajstić information content (AvgIpc) is 3.12. The summed E-state index contributed by atoms with van der Waals surface area (Å²) in [5.74, 6) is 0.952. The third-order valence-corrected chi connectivity index (χ3v) is 5.55. The molecule has 0 aliphatic carbocycles. The highest BCUT2D eigenvalue weighted by molar-refractivity contribution is 5.79. The standard InChI is InChI=1S/C20H30N4O2/c1-15-6-10-23(11-7-15)14-20(26)24-9-3-4-19(24)17-5-8-21-18(12-17)13-22-16(2)25/h5,8,12,15,19H,3-4,6-7,9-11,13-14H2,1-2H3,(H,22,25)/t19-/m1/s1. The number of carbonyl (C=O) groups excluding carboxylic acids is 2. The fourth-order valence-electron chi connectivity index (χ4n) is 3.93. The van der Waals surface area contributed by atoms with Crippen LogP contribution in [0.15, 0.2) is 18.3 Å². The molecule has 2 amide bonds. The van der Waals surface area contributed by atoms with Gasteiger partial charge in [-0.1, -0.05) is 6.92 Å². The molecule has 6 nitrogen and oxygen atoms in total. The molecule has 26 heavy (non-hydrogen) atoms. The second-order valence-corrected chi connectivity index (χ2v) is 7.69. The second kappa shape index (κ2) is 8.62. The lowest BCUT2D eigenvalue weighted by molar-refractivity contribution is -0.133. The van der Waals surface area contributed by atoms with Gasteiger partial charge in [-0.2, -0.15) is 0 Å². The van der Waals surface area contributed by atoms with Crippen LogP contribution < -0.4 is 5.32 Å². The Morgan fingerprint density at radius 1 is 1.23 bits per heavy atom. The van der Waals surface area contributed by atoms with E-state index in [1.54, 1.807) is 6.20 Å². The first kappa shape index (κ1) is 18.8. The number of carbonyl (C=O) groups is 2. The number of nitrogens with zero attached hydrogens (tertiary/aromatic N) is 3. The molecule has 6 heteroatoms. The molecule has 1 aromatic rings. The number of piperidine rings is 1. The van der Waals surface area contributed by atoms with Crippen molar-refractivity contribution < 1.29 is 9.59 Å². The second-order valence-electron chi connectivity index (χ2n) is 7.69. The zero-order chi connectivity index (χ0) is 18.5. The summed E-state index contributed by atoms with van der Waals surface area (Å²) in [6.07, 6.45) is 6.18. The van der Waals surface area contributed by atoms with Crippen molar-refractivity contribution in [3.63, 3.8) is 0 Å². The number of hydrogen-bond acceptors (Lipinski definition) is 4. The molecule has 2 aliphatic rings. The highest BCUT2D eigenvalue weighted by Gasteiger charge is 2.31.